The van der Waals surface area contributed by atoms with Gasteiger partial charge in [0.2, 0.25) is 0 Å². The molecule has 176 valence electrons. The van der Waals surface area contributed by atoms with Crippen LogP contribution >= 0.6 is 27.7 Å². The van der Waals surface area contributed by atoms with E-state index in [4.69, 9.17) is 14.3 Å². The normalized spacial score (nSPS) is 17.4. The fourth-order valence-corrected chi connectivity index (χ4v) is 5.60. The Morgan fingerprint density at radius 2 is 1.97 bits per heavy atom. The van der Waals surface area contributed by atoms with Crippen molar-refractivity contribution in [1.82, 2.24) is 14.7 Å². The molecule has 6 rings (SSSR count). The zero-order valence-electron chi connectivity index (χ0n) is 18.5. The van der Waals surface area contributed by atoms with Crippen LogP contribution in [0, 0.1) is 0 Å². The third-order valence-corrected chi connectivity index (χ3v) is 7.71. The number of benzene rings is 2. The maximum atomic E-state index is 12.8. The first-order valence-electron chi connectivity index (χ1n) is 11.2. The summed E-state index contributed by atoms with van der Waals surface area (Å²) in [6.45, 7) is 0.520. The summed E-state index contributed by atoms with van der Waals surface area (Å²) in [7, 11) is 0. The monoisotopic (exact) mass is 549 g/mol. The molecule has 35 heavy (non-hydrogen) atoms. The molecule has 4 heterocycles. The SMILES string of the molecule is O=C1Cc2cc(CCN3C(=O)CO[C@@H]3c3cn(-c4ccc(Br)cc4)nc3-c3ccoc3)ccc2S1. The maximum absolute atomic E-state index is 12.8. The van der Waals surface area contributed by atoms with Gasteiger partial charge in [0.1, 0.15) is 12.3 Å². The number of fused-ring (bicyclic) bond motifs is 1. The average Bonchev–Trinajstić information content (AvgIpc) is 3.63. The summed E-state index contributed by atoms with van der Waals surface area (Å²) in [5.41, 5.74) is 5.38. The van der Waals surface area contributed by atoms with Crippen molar-refractivity contribution in [3.63, 3.8) is 0 Å². The van der Waals surface area contributed by atoms with Crippen molar-refractivity contribution in [2.24, 2.45) is 0 Å². The lowest BCUT2D eigenvalue weighted by atomic mass is 10.1. The van der Waals surface area contributed by atoms with Crippen LogP contribution in [0.1, 0.15) is 22.9 Å². The van der Waals surface area contributed by atoms with Gasteiger partial charge < -0.3 is 14.1 Å². The van der Waals surface area contributed by atoms with E-state index in [1.165, 1.54) is 11.8 Å². The number of furan rings is 1. The second-order valence-corrected chi connectivity index (χ2v) is 10.5. The molecule has 4 aromatic rings. The van der Waals surface area contributed by atoms with Crippen molar-refractivity contribution in [3.05, 3.63) is 88.4 Å². The second kappa shape index (κ2) is 9.14. The Morgan fingerprint density at radius 3 is 2.77 bits per heavy atom. The van der Waals surface area contributed by atoms with E-state index in [1.807, 2.05) is 48.7 Å². The summed E-state index contributed by atoms with van der Waals surface area (Å²) in [6, 6.07) is 15.8. The highest BCUT2D eigenvalue weighted by Gasteiger charge is 2.36. The predicted molar refractivity (Wildman–Crippen MR) is 134 cm³/mol. The minimum absolute atomic E-state index is 0.0221. The van der Waals surface area contributed by atoms with Crippen LogP contribution in [0.25, 0.3) is 16.9 Å². The molecule has 0 unspecified atom stereocenters. The quantitative estimate of drug-likeness (QED) is 0.330. The van der Waals surface area contributed by atoms with Gasteiger partial charge in [-0.1, -0.05) is 39.8 Å². The Balaban J connectivity index is 1.30. The Hall–Kier alpha value is -3.14. The molecule has 0 saturated carbocycles. The Morgan fingerprint density at radius 1 is 1.11 bits per heavy atom. The molecule has 0 radical (unpaired) electrons. The molecule has 0 aliphatic carbocycles. The third-order valence-electron chi connectivity index (χ3n) is 6.19. The standard InChI is InChI=1S/C26H20BrN3O4S/c27-19-2-4-20(5-3-19)30-13-21(25(28-30)17-8-10-33-14-17)26-29(23(31)15-34-26)9-7-16-1-6-22-18(11-16)12-24(32)35-22/h1-6,8,10-11,13-14,26H,7,9,12,15H2/t26-/m1/s1. The average molecular weight is 550 g/mol. The maximum Gasteiger partial charge on any atom is 0.250 e. The molecule has 2 aromatic carbocycles. The Kier molecular flexibility index (Phi) is 5.83. The van der Waals surface area contributed by atoms with Crippen molar-refractivity contribution in [3.8, 4) is 16.9 Å². The van der Waals surface area contributed by atoms with Gasteiger partial charge in [0.05, 0.1) is 18.2 Å². The molecule has 1 fully saturated rings. The largest absolute Gasteiger partial charge is 0.472 e. The van der Waals surface area contributed by atoms with Crippen molar-refractivity contribution in [1.29, 1.82) is 0 Å². The molecule has 1 amide bonds. The van der Waals surface area contributed by atoms with E-state index in [2.05, 4.69) is 22.0 Å². The predicted octanol–water partition coefficient (Wildman–Crippen LogP) is 5.17. The minimum atomic E-state index is -0.553. The molecular formula is C26H20BrN3O4S. The van der Waals surface area contributed by atoms with Gasteiger partial charge in [-0.05, 0) is 53.9 Å². The molecule has 2 aliphatic heterocycles. The van der Waals surface area contributed by atoms with Crippen molar-refractivity contribution in [2.45, 2.75) is 24.0 Å². The molecule has 1 atom stereocenters. The number of halogens is 1. The molecule has 2 aromatic heterocycles. The van der Waals surface area contributed by atoms with Crippen LogP contribution < -0.4 is 0 Å². The van der Waals surface area contributed by atoms with E-state index in [0.717, 1.165) is 37.3 Å². The van der Waals surface area contributed by atoms with E-state index in [9.17, 15) is 9.59 Å². The van der Waals surface area contributed by atoms with Gasteiger partial charge in [-0.15, -0.1) is 0 Å². The molecule has 0 bridgehead atoms. The number of hydrogen-bond acceptors (Lipinski definition) is 6. The summed E-state index contributed by atoms with van der Waals surface area (Å²) in [5, 5.41) is 4.99. The molecule has 0 spiro atoms. The lowest BCUT2D eigenvalue weighted by molar-refractivity contribution is -0.128. The Labute approximate surface area is 214 Å². The third kappa shape index (κ3) is 4.35. The van der Waals surface area contributed by atoms with Crippen LogP contribution in [0.15, 0.2) is 81.0 Å². The smallest absolute Gasteiger partial charge is 0.250 e. The molecule has 2 aliphatic rings. The number of hydrogen-bond donors (Lipinski definition) is 0. The van der Waals surface area contributed by atoms with Crippen LogP contribution in [0.4, 0.5) is 0 Å². The number of ether oxygens (including phenoxy) is 1. The summed E-state index contributed by atoms with van der Waals surface area (Å²) >= 11 is 4.77. The van der Waals surface area contributed by atoms with Gasteiger partial charge in [0, 0.05) is 39.7 Å². The summed E-state index contributed by atoms with van der Waals surface area (Å²) in [6.07, 6.45) is 5.74. The highest BCUT2D eigenvalue weighted by Crippen LogP contribution is 2.36. The van der Waals surface area contributed by atoms with E-state index >= 15 is 0 Å². The topological polar surface area (TPSA) is 77.6 Å². The van der Waals surface area contributed by atoms with Gasteiger partial charge in [-0.25, -0.2) is 4.68 Å². The zero-order valence-corrected chi connectivity index (χ0v) is 20.9. The number of aromatic nitrogens is 2. The first kappa shape index (κ1) is 22.3. The zero-order chi connectivity index (χ0) is 23.9. The molecule has 1 saturated heterocycles. The number of amides is 1. The summed E-state index contributed by atoms with van der Waals surface area (Å²) in [5.74, 6) is -0.0589. The second-order valence-electron chi connectivity index (χ2n) is 8.46. The highest BCUT2D eigenvalue weighted by atomic mass is 79.9. The van der Waals surface area contributed by atoms with Crippen LogP contribution in [0.2, 0.25) is 0 Å². The van der Waals surface area contributed by atoms with Crippen LogP contribution in [0.3, 0.4) is 0 Å². The van der Waals surface area contributed by atoms with E-state index in [0.29, 0.717) is 25.1 Å². The van der Waals surface area contributed by atoms with Gasteiger partial charge in [0.25, 0.3) is 5.91 Å². The van der Waals surface area contributed by atoms with Gasteiger partial charge >= 0.3 is 0 Å². The molecular weight excluding hydrogens is 530 g/mol. The number of thioether (sulfide) groups is 1. The number of nitrogens with zero attached hydrogens (tertiary/aromatic N) is 3. The van der Waals surface area contributed by atoms with Gasteiger partial charge in [0.15, 0.2) is 11.3 Å². The first-order chi connectivity index (χ1) is 17.0. The Bertz CT molecular complexity index is 1420. The van der Waals surface area contributed by atoms with Crippen LogP contribution in [0.5, 0.6) is 0 Å². The van der Waals surface area contributed by atoms with Crippen LogP contribution in [-0.2, 0) is 27.2 Å². The lowest BCUT2D eigenvalue weighted by Gasteiger charge is -2.23. The first-order valence-corrected chi connectivity index (χ1v) is 12.8. The highest BCUT2D eigenvalue weighted by molar-refractivity contribution is 9.10. The van der Waals surface area contributed by atoms with Gasteiger partial charge in [-0.3, -0.25) is 9.59 Å². The van der Waals surface area contributed by atoms with E-state index < -0.39 is 6.23 Å². The molecule has 7 nitrogen and oxygen atoms in total. The minimum Gasteiger partial charge on any atom is -0.472 e. The summed E-state index contributed by atoms with van der Waals surface area (Å²) < 4.78 is 14.1. The van der Waals surface area contributed by atoms with E-state index in [-0.39, 0.29) is 17.6 Å². The van der Waals surface area contributed by atoms with Crippen LogP contribution in [-0.4, -0.2) is 38.9 Å². The van der Waals surface area contributed by atoms with E-state index in [1.54, 1.807) is 22.1 Å². The van der Waals surface area contributed by atoms with Crippen molar-refractivity contribution in [2.75, 3.05) is 13.2 Å². The fraction of sp³-hybridized carbons (Fsp3) is 0.192. The van der Waals surface area contributed by atoms with Crippen molar-refractivity contribution >= 4 is 38.7 Å². The number of rotatable bonds is 6. The molecule has 9 heteroatoms. The summed E-state index contributed by atoms with van der Waals surface area (Å²) in [4.78, 5) is 27.4. The molecule has 0 N–H and O–H groups in total. The fourth-order valence-electron chi connectivity index (χ4n) is 4.46. The lowest BCUT2D eigenvalue weighted by Crippen LogP contribution is -2.30. The number of carbonyl (C=O) groups is 2. The number of carbonyl (C=O) groups excluding carboxylic acids is 2. The van der Waals surface area contributed by atoms with Crippen molar-refractivity contribution < 1.29 is 18.7 Å². The van der Waals surface area contributed by atoms with Gasteiger partial charge in [-0.2, -0.15) is 5.10 Å².